The van der Waals surface area contributed by atoms with Gasteiger partial charge < -0.3 is 11.1 Å². The van der Waals surface area contributed by atoms with Gasteiger partial charge in [-0.05, 0) is 25.1 Å². The summed E-state index contributed by atoms with van der Waals surface area (Å²) in [6.07, 6.45) is 0. The molecule has 0 spiro atoms. The summed E-state index contributed by atoms with van der Waals surface area (Å²) in [5.74, 6) is 0.00453. The number of rotatable bonds is 3. The van der Waals surface area contributed by atoms with E-state index in [9.17, 15) is 10.1 Å². The molecule has 0 atom stereocenters. The number of benzene rings is 1. The predicted octanol–water partition coefficient (Wildman–Crippen LogP) is 2.67. The molecule has 0 radical (unpaired) electrons. The molecular weight excluding hydrogens is 270 g/mol. The summed E-state index contributed by atoms with van der Waals surface area (Å²) >= 11 is 5.84. The van der Waals surface area contributed by atoms with Gasteiger partial charge in [0.2, 0.25) is 11.8 Å². The van der Waals surface area contributed by atoms with E-state index in [1.165, 1.54) is 6.92 Å². The van der Waals surface area contributed by atoms with Crippen LogP contribution in [0.3, 0.4) is 0 Å². The lowest BCUT2D eigenvalue weighted by atomic mass is 10.3. The first-order valence-electron chi connectivity index (χ1n) is 5.28. The monoisotopic (exact) mass is 279 g/mol. The van der Waals surface area contributed by atoms with Crippen molar-refractivity contribution in [2.45, 2.75) is 6.92 Å². The first-order valence-corrected chi connectivity index (χ1v) is 5.66. The molecule has 0 aliphatic carbocycles. The second-order valence-corrected chi connectivity index (χ2v) is 4.19. The van der Waals surface area contributed by atoms with E-state index in [1.54, 1.807) is 24.3 Å². The molecule has 98 valence electrons. The molecule has 0 bridgehead atoms. The molecule has 0 saturated heterocycles. The molecule has 2 rings (SSSR count). The summed E-state index contributed by atoms with van der Waals surface area (Å²) < 4.78 is 0. The van der Waals surface area contributed by atoms with Crippen LogP contribution in [0.25, 0.3) is 0 Å². The van der Waals surface area contributed by atoms with E-state index in [1.807, 2.05) is 0 Å². The maximum absolute atomic E-state index is 11.0. The van der Waals surface area contributed by atoms with Gasteiger partial charge in [-0.15, -0.1) is 0 Å². The van der Waals surface area contributed by atoms with E-state index in [4.69, 9.17) is 17.3 Å². The van der Waals surface area contributed by atoms with Crippen molar-refractivity contribution in [3.05, 3.63) is 45.1 Å². The van der Waals surface area contributed by atoms with Crippen molar-refractivity contribution in [1.29, 1.82) is 0 Å². The fraction of sp³-hybridized carbons (Fsp3) is 0.0909. The standard InChI is InChI=1S/C11H10ClN5O2/c1-6-9(17(18)19)10(16-11(13)14-6)15-8-4-2-3-7(12)5-8/h2-5H,1H3,(H3,13,14,15,16). The van der Waals surface area contributed by atoms with Crippen LogP contribution < -0.4 is 11.1 Å². The molecule has 1 heterocycles. The number of nitrogens with one attached hydrogen (secondary N) is 1. The zero-order valence-corrected chi connectivity index (χ0v) is 10.7. The van der Waals surface area contributed by atoms with Gasteiger partial charge in [0.05, 0.1) is 4.92 Å². The van der Waals surface area contributed by atoms with Gasteiger partial charge in [-0.3, -0.25) is 10.1 Å². The highest BCUT2D eigenvalue weighted by molar-refractivity contribution is 6.30. The molecule has 1 aromatic heterocycles. The highest BCUT2D eigenvalue weighted by Crippen LogP contribution is 2.29. The van der Waals surface area contributed by atoms with Gasteiger partial charge in [0.25, 0.3) is 0 Å². The Labute approximate surface area is 113 Å². The number of nitrogen functional groups attached to an aromatic ring is 1. The molecule has 0 unspecified atom stereocenters. The molecule has 8 heteroatoms. The molecule has 3 N–H and O–H groups in total. The lowest BCUT2D eigenvalue weighted by molar-refractivity contribution is -0.385. The molecule has 1 aromatic carbocycles. The average Bonchev–Trinajstić information content (AvgIpc) is 2.26. The minimum atomic E-state index is -0.554. The number of halogens is 1. The lowest BCUT2D eigenvalue weighted by Crippen LogP contribution is -2.06. The Morgan fingerprint density at radius 3 is 2.79 bits per heavy atom. The summed E-state index contributed by atoms with van der Waals surface area (Å²) in [4.78, 5) is 18.1. The molecule has 0 aliphatic heterocycles. The third-order valence-corrected chi connectivity index (χ3v) is 2.58. The van der Waals surface area contributed by atoms with Crippen LogP contribution in [-0.4, -0.2) is 14.9 Å². The molecular formula is C11H10ClN5O2. The molecule has 7 nitrogen and oxygen atoms in total. The van der Waals surface area contributed by atoms with Crippen molar-refractivity contribution < 1.29 is 4.92 Å². The minimum Gasteiger partial charge on any atom is -0.368 e. The molecule has 0 fully saturated rings. The second-order valence-electron chi connectivity index (χ2n) is 3.76. The Bertz CT molecular complexity index is 647. The maximum atomic E-state index is 11.0. The Hall–Kier alpha value is -2.41. The summed E-state index contributed by atoms with van der Waals surface area (Å²) in [7, 11) is 0. The van der Waals surface area contributed by atoms with E-state index in [2.05, 4.69) is 15.3 Å². The summed E-state index contributed by atoms with van der Waals surface area (Å²) in [5.41, 5.74) is 6.06. The van der Waals surface area contributed by atoms with Crippen molar-refractivity contribution in [1.82, 2.24) is 9.97 Å². The summed E-state index contributed by atoms with van der Waals surface area (Å²) in [6, 6.07) is 6.75. The minimum absolute atomic E-state index is 0.0346. The van der Waals surface area contributed by atoms with Gasteiger partial charge >= 0.3 is 5.69 Å². The number of hydrogen-bond acceptors (Lipinski definition) is 6. The van der Waals surface area contributed by atoms with Gasteiger partial charge in [0.15, 0.2) is 0 Å². The van der Waals surface area contributed by atoms with Crippen LogP contribution in [0.5, 0.6) is 0 Å². The first kappa shape index (κ1) is 13.0. The lowest BCUT2D eigenvalue weighted by Gasteiger charge is -2.08. The fourth-order valence-corrected chi connectivity index (χ4v) is 1.79. The van der Waals surface area contributed by atoms with E-state index < -0.39 is 4.92 Å². The number of aromatic nitrogens is 2. The number of anilines is 3. The van der Waals surface area contributed by atoms with Crippen molar-refractivity contribution in [2.24, 2.45) is 0 Å². The summed E-state index contributed by atoms with van der Waals surface area (Å²) in [6.45, 7) is 1.50. The van der Waals surface area contributed by atoms with E-state index in [-0.39, 0.29) is 23.1 Å². The van der Waals surface area contributed by atoms with Gasteiger partial charge in [-0.25, -0.2) is 4.98 Å². The van der Waals surface area contributed by atoms with E-state index in [0.29, 0.717) is 10.7 Å². The SMILES string of the molecule is Cc1nc(N)nc(Nc2cccc(Cl)c2)c1[N+](=O)[O-]. The van der Waals surface area contributed by atoms with Crippen molar-refractivity contribution in [2.75, 3.05) is 11.1 Å². The molecule has 19 heavy (non-hydrogen) atoms. The third-order valence-electron chi connectivity index (χ3n) is 2.35. The van der Waals surface area contributed by atoms with Crippen molar-refractivity contribution in [3.63, 3.8) is 0 Å². The second kappa shape index (κ2) is 5.07. The van der Waals surface area contributed by atoms with Crippen molar-refractivity contribution >= 4 is 34.7 Å². The van der Waals surface area contributed by atoms with Gasteiger partial charge in [-0.2, -0.15) is 4.98 Å². The highest BCUT2D eigenvalue weighted by Gasteiger charge is 2.21. The summed E-state index contributed by atoms with van der Waals surface area (Å²) in [5, 5.41) is 14.4. The number of nitrogens with zero attached hydrogens (tertiary/aromatic N) is 3. The number of hydrogen-bond donors (Lipinski definition) is 2. The van der Waals surface area contributed by atoms with Gasteiger partial charge in [-0.1, -0.05) is 17.7 Å². The molecule has 0 amide bonds. The Kier molecular flexibility index (Phi) is 3.48. The van der Waals surface area contributed by atoms with Crippen LogP contribution in [0.4, 0.5) is 23.1 Å². The maximum Gasteiger partial charge on any atom is 0.332 e. The largest absolute Gasteiger partial charge is 0.368 e. The number of nitrogens with two attached hydrogens (primary N) is 1. The molecule has 0 saturated carbocycles. The number of nitro groups is 1. The molecule has 0 aliphatic rings. The van der Waals surface area contributed by atoms with Gasteiger partial charge in [0.1, 0.15) is 5.69 Å². The average molecular weight is 280 g/mol. The van der Waals surface area contributed by atoms with Crippen LogP contribution in [0.1, 0.15) is 5.69 Å². The van der Waals surface area contributed by atoms with Gasteiger partial charge in [0, 0.05) is 10.7 Å². The normalized spacial score (nSPS) is 10.2. The van der Waals surface area contributed by atoms with Crippen LogP contribution in [0.2, 0.25) is 5.02 Å². The zero-order valence-electron chi connectivity index (χ0n) is 9.92. The Balaban J connectivity index is 2.47. The molecule has 2 aromatic rings. The number of aryl methyl sites for hydroxylation is 1. The topological polar surface area (TPSA) is 107 Å². The zero-order chi connectivity index (χ0) is 14.0. The van der Waals surface area contributed by atoms with E-state index >= 15 is 0 Å². The van der Waals surface area contributed by atoms with Crippen LogP contribution in [0, 0.1) is 17.0 Å². The van der Waals surface area contributed by atoms with E-state index in [0.717, 1.165) is 0 Å². The quantitative estimate of drug-likeness (QED) is 0.661. The van der Waals surface area contributed by atoms with Crippen LogP contribution in [-0.2, 0) is 0 Å². The Morgan fingerprint density at radius 1 is 1.42 bits per heavy atom. The predicted molar refractivity (Wildman–Crippen MR) is 72.6 cm³/mol. The Morgan fingerprint density at radius 2 is 2.16 bits per heavy atom. The first-order chi connectivity index (χ1) is 8.97. The highest BCUT2D eigenvalue weighted by atomic mass is 35.5. The van der Waals surface area contributed by atoms with Crippen LogP contribution in [0.15, 0.2) is 24.3 Å². The smallest absolute Gasteiger partial charge is 0.332 e. The van der Waals surface area contributed by atoms with Crippen LogP contribution >= 0.6 is 11.6 Å². The third kappa shape index (κ3) is 2.89. The fourth-order valence-electron chi connectivity index (χ4n) is 1.60. The van der Waals surface area contributed by atoms with Crippen molar-refractivity contribution in [3.8, 4) is 0 Å².